The monoisotopic (exact) mass is 1100 g/mol. The van der Waals surface area contributed by atoms with Gasteiger partial charge in [0.15, 0.2) is 0 Å². The van der Waals surface area contributed by atoms with Crippen LogP contribution in [0.1, 0.15) is 12.8 Å². The Hall–Kier alpha value is -2.56. The van der Waals surface area contributed by atoms with Gasteiger partial charge in [-0.15, -0.1) is 0 Å². The van der Waals surface area contributed by atoms with Crippen molar-refractivity contribution in [2.24, 2.45) is 0 Å². The maximum atomic E-state index is 9.28. The van der Waals surface area contributed by atoms with Crippen molar-refractivity contribution >= 4 is 0 Å². The Labute approximate surface area is 227 Å². The molecule has 0 spiro atoms. The van der Waals surface area contributed by atoms with Crippen molar-refractivity contribution in [2.45, 2.75) is 37.3 Å². The summed E-state index contributed by atoms with van der Waals surface area (Å²) in [7, 11) is 12.5. The van der Waals surface area contributed by atoms with E-state index in [-0.39, 0.29) is 66.1 Å². The van der Waals surface area contributed by atoms with Gasteiger partial charge >= 0.3 is 0 Å². The van der Waals surface area contributed by atoms with Crippen LogP contribution in [0.15, 0.2) is 0 Å². The van der Waals surface area contributed by atoms with Crippen molar-refractivity contribution < 1.29 is 68.5 Å². The molecule has 238 valence electrons. The van der Waals surface area contributed by atoms with Gasteiger partial charge in [-0.1, -0.05) is 0 Å². The van der Waals surface area contributed by atoms with E-state index in [4.69, 9.17) is 39.4 Å². The van der Waals surface area contributed by atoms with Gasteiger partial charge in [0.25, 0.3) is 0 Å². The fourth-order valence-electron chi connectivity index (χ4n) is 2.14. The molecule has 0 aliphatic rings. The molecule has 0 rings (SSSR count). The van der Waals surface area contributed by atoms with E-state index in [1.54, 1.807) is 0 Å². The molecule has 0 heterocycles. The quantitative estimate of drug-likeness (QED) is 0.0456. The molecule has 14 nitrogen and oxygen atoms in total. The Bertz CT molecular complexity index is 384. The van der Waals surface area contributed by atoms with Crippen LogP contribution in [0.25, 0.3) is 0 Å². The van der Waals surface area contributed by atoms with E-state index >= 15 is 0 Å². The standard InChI is InChI=1S/C12H24O6.2C6H13O4.2Rf/c1-15-9-11(13)3-5-17-7-8-18-6-4-12(14)10-16-2;2*1-9-4-6(8)5-10-3-2-7;;/h11-14H,1-10H2;2*6-8H,1-5H2;;/q-2;2*-1;;. The molecule has 0 aromatic carbocycles. The Balaban J connectivity index is -0.000000160. The number of ether oxygens (including phenoxy) is 8. The number of aliphatic hydroxyl groups is 6. The van der Waals surface area contributed by atoms with Gasteiger partial charge in [-0.25, -0.2) is 28.4 Å². The van der Waals surface area contributed by atoms with Crippen molar-refractivity contribution in [1.82, 2.24) is 0 Å². The van der Waals surface area contributed by atoms with Crippen LogP contribution in [0.4, 0.5) is 0 Å². The van der Waals surface area contributed by atoms with E-state index in [1.807, 2.05) is 0 Å². The zero-order valence-corrected chi connectivity index (χ0v) is 36.6. The van der Waals surface area contributed by atoms with Crippen molar-refractivity contribution in [3.63, 3.8) is 0 Å². The maximum absolute atomic E-state index is 9.28. The Morgan fingerprint density at radius 1 is 0.400 bits per heavy atom. The molecular weight excluding hydrogens is 1050 g/mol. The van der Waals surface area contributed by atoms with E-state index in [2.05, 4.69) is 47.4 Å². The minimum absolute atomic E-state index is 0. The molecule has 0 radical (unpaired) electrons. The third-order valence-corrected chi connectivity index (χ3v) is 3.90. The molecule has 0 aliphatic heterocycles. The average Bonchev–Trinajstić information content (AvgIpc) is 2.87. The topological polar surface area (TPSA) is 195 Å². The Morgan fingerprint density at radius 2 is 0.700 bits per heavy atom. The second kappa shape index (κ2) is 40.9. The zero-order chi connectivity index (χ0) is 29.3. The number of rotatable bonds is 25. The summed E-state index contributed by atoms with van der Waals surface area (Å²) in [5.41, 5.74) is 0. The van der Waals surface area contributed by atoms with Crippen LogP contribution in [0, 0.1) is 28.4 Å². The summed E-state index contributed by atoms with van der Waals surface area (Å²) in [5, 5.41) is 52.9. The van der Waals surface area contributed by atoms with Gasteiger partial charge < -0.3 is 68.5 Å². The minimum Gasteiger partial charge on any atom is -0.553 e. The number of hydrogen-bond donors (Lipinski definition) is 6. The molecule has 4 atom stereocenters. The second-order valence-corrected chi connectivity index (χ2v) is 7.50. The van der Waals surface area contributed by atoms with Gasteiger partial charge in [-0.05, 0) is 12.8 Å². The fourth-order valence-corrected chi connectivity index (χ4v) is 2.14. The minimum atomic E-state index is -0.649. The third kappa shape index (κ3) is 45.4. The van der Waals surface area contributed by atoms with E-state index in [9.17, 15) is 10.2 Å². The van der Waals surface area contributed by atoms with Crippen molar-refractivity contribution in [3.8, 4) is 0 Å². The van der Waals surface area contributed by atoms with Gasteiger partial charge in [0, 0.05) is 39.6 Å². The number of hydrogen-bond acceptors (Lipinski definition) is 14. The zero-order valence-electron chi connectivity index (χ0n) is 23.8. The summed E-state index contributed by atoms with van der Waals surface area (Å²) in [6.07, 6.45) is -1.36. The van der Waals surface area contributed by atoms with Crippen molar-refractivity contribution in [1.29, 1.82) is 0 Å². The molecule has 4 unspecified atom stereocenters. The van der Waals surface area contributed by atoms with E-state index < -0.39 is 24.4 Å². The summed E-state index contributed by atoms with van der Waals surface area (Å²) < 4.78 is 37.9. The molecular formula is C24H50O14Rf2-4. The van der Waals surface area contributed by atoms with Crippen LogP contribution in [0.3, 0.4) is 0 Å². The molecule has 0 aliphatic carbocycles. The van der Waals surface area contributed by atoms with Gasteiger partial charge in [0.1, 0.15) is 0 Å². The van der Waals surface area contributed by atoms with Crippen molar-refractivity contribution in [3.05, 3.63) is 28.4 Å². The molecule has 0 fully saturated rings. The first-order valence-electron chi connectivity index (χ1n) is 12.1. The molecule has 0 aromatic rings. The SMILES string of the molecule is [CH2-]OCC(O)CCOCCOCCC(O)CO[CH2-].[CH2-]OCC(O)COCCO.[CH2-]OCC(O)COCCO.[Rf].[Rf]. The Morgan fingerprint density at radius 3 is 0.975 bits per heavy atom. The first-order chi connectivity index (χ1) is 18.3. The van der Waals surface area contributed by atoms with Crippen molar-refractivity contribution in [2.75, 3.05) is 92.5 Å². The predicted octanol–water partition coefficient (Wildman–Crippen LogP) is -1.53. The van der Waals surface area contributed by atoms with Crippen LogP contribution in [-0.4, -0.2) is 148 Å². The summed E-state index contributed by atoms with van der Waals surface area (Å²) in [5.74, 6) is 0. The average molecular weight is 1100 g/mol. The molecule has 40 heavy (non-hydrogen) atoms. The van der Waals surface area contributed by atoms with Gasteiger partial charge in [-0.3, -0.25) is 0 Å². The van der Waals surface area contributed by atoms with Gasteiger partial charge in [0.2, 0.25) is 0 Å². The first kappa shape index (κ1) is 47.2. The van der Waals surface area contributed by atoms with Crippen LogP contribution in [0.2, 0.25) is 0 Å². The number of aliphatic hydroxyl groups excluding tert-OH is 6. The van der Waals surface area contributed by atoms with E-state index in [0.717, 1.165) is 0 Å². The van der Waals surface area contributed by atoms with Crippen LogP contribution in [-0.2, 0) is 37.9 Å². The fraction of sp³-hybridized carbons (Fsp3) is 0.833. The molecule has 0 amide bonds. The summed E-state index contributed by atoms with van der Waals surface area (Å²) in [6, 6.07) is 0. The molecule has 0 aromatic heterocycles. The molecule has 0 bridgehead atoms. The van der Waals surface area contributed by atoms with Gasteiger partial charge in [0.05, 0.1) is 77.3 Å². The van der Waals surface area contributed by atoms with Gasteiger partial charge in [-0.2, -0.15) is 0 Å². The Kier molecular flexibility index (Phi) is 48.3. The normalized spacial score (nSPS) is 13.3. The smallest absolute Gasteiger partial charge is 0.0976 e. The summed E-state index contributed by atoms with van der Waals surface area (Å²) in [4.78, 5) is 0. The van der Waals surface area contributed by atoms with Crippen LogP contribution < -0.4 is 0 Å². The summed E-state index contributed by atoms with van der Waals surface area (Å²) >= 11 is 0. The molecule has 16 heteroatoms. The summed E-state index contributed by atoms with van der Waals surface area (Å²) in [6.45, 7) is 3.34. The van der Waals surface area contributed by atoms with Crippen LogP contribution >= 0.6 is 0 Å². The first-order valence-corrected chi connectivity index (χ1v) is 12.1. The maximum Gasteiger partial charge on any atom is 0.0976 e. The molecule has 0 saturated heterocycles. The molecule has 6 N–H and O–H groups in total. The second-order valence-electron chi connectivity index (χ2n) is 7.50. The third-order valence-electron chi connectivity index (χ3n) is 3.90. The van der Waals surface area contributed by atoms with E-state index in [0.29, 0.717) is 39.3 Å². The van der Waals surface area contributed by atoms with E-state index in [1.165, 1.54) is 0 Å². The largest absolute Gasteiger partial charge is 0.553 e. The predicted molar refractivity (Wildman–Crippen MR) is 136 cm³/mol. The van der Waals surface area contributed by atoms with Crippen LogP contribution in [0.5, 0.6) is 0 Å². The molecule has 0 saturated carbocycles.